The third kappa shape index (κ3) is 3.78. The molecule has 0 saturated heterocycles. The Hall–Kier alpha value is -3.91. The van der Waals surface area contributed by atoms with Crippen LogP contribution in [0.2, 0.25) is 5.02 Å². The van der Waals surface area contributed by atoms with E-state index >= 15 is 0 Å². The highest BCUT2D eigenvalue weighted by Crippen LogP contribution is 2.34. The quantitative estimate of drug-likeness (QED) is 0.387. The van der Waals surface area contributed by atoms with Crippen LogP contribution in [0, 0.1) is 13.8 Å². The first kappa shape index (κ1) is 21.0. The minimum Gasteiger partial charge on any atom is -0.494 e. The van der Waals surface area contributed by atoms with Gasteiger partial charge >= 0.3 is 0 Å². The summed E-state index contributed by atoms with van der Waals surface area (Å²) < 4.78 is 9.33. The number of hydrogen-bond acceptors (Lipinski definition) is 6. The van der Waals surface area contributed by atoms with E-state index in [1.54, 1.807) is 18.1 Å². The van der Waals surface area contributed by atoms with Crippen LogP contribution in [-0.2, 0) is 7.05 Å². The Morgan fingerprint density at radius 2 is 1.85 bits per heavy atom. The van der Waals surface area contributed by atoms with Gasteiger partial charge in [0.25, 0.3) is 0 Å². The van der Waals surface area contributed by atoms with Crippen molar-refractivity contribution in [2.75, 3.05) is 12.4 Å². The van der Waals surface area contributed by atoms with Crippen LogP contribution in [0.5, 0.6) is 5.75 Å². The highest BCUT2D eigenvalue weighted by Gasteiger charge is 2.17. The molecule has 0 atom stereocenters. The molecule has 0 amide bonds. The number of benzene rings is 2. The molecule has 2 aromatic carbocycles. The minimum atomic E-state index is 0.652. The summed E-state index contributed by atoms with van der Waals surface area (Å²) >= 11 is 6.45. The molecule has 5 aromatic rings. The Kier molecular flexibility index (Phi) is 5.22. The van der Waals surface area contributed by atoms with Gasteiger partial charge in [0.05, 0.1) is 17.6 Å². The van der Waals surface area contributed by atoms with Crippen LogP contribution in [0.4, 0.5) is 11.5 Å². The van der Waals surface area contributed by atoms with E-state index in [1.807, 2.05) is 74.0 Å². The SMILES string of the molecule is COc1cc(Nc2nc(C)cc3c2nc(-c2ccccc2Cl)n3C)ccc1-n1cnc(C)n1. The molecule has 0 aliphatic carbocycles. The largest absolute Gasteiger partial charge is 0.494 e. The van der Waals surface area contributed by atoms with Gasteiger partial charge in [0.1, 0.15) is 34.9 Å². The van der Waals surface area contributed by atoms with Crippen molar-refractivity contribution in [3.05, 3.63) is 71.4 Å². The van der Waals surface area contributed by atoms with Crippen LogP contribution >= 0.6 is 11.6 Å². The molecule has 8 nitrogen and oxygen atoms in total. The average Bonchev–Trinajstić information content (AvgIpc) is 3.37. The van der Waals surface area contributed by atoms with Crippen molar-refractivity contribution >= 4 is 34.1 Å². The number of ether oxygens (including phenoxy) is 1. The first-order valence-corrected chi connectivity index (χ1v) is 10.7. The van der Waals surface area contributed by atoms with Gasteiger partial charge < -0.3 is 14.6 Å². The molecule has 0 fully saturated rings. The zero-order valence-corrected chi connectivity index (χ0v) is 19.4. The van der Waals surface area contributed by atoms with E-state index in [9.17, 15) is 0 Å². The maximum Gasteiger partial charge on any atom is 0.158 e. The lowest BCUT2D eigenvalue weighted by atomic mass is 10.2. The fourth-order valence-electron chi connectivity index (χ4n) is 3.82. The summed E-state index contributed by atoms with van der Waals surface area (Å²) in [7, 11) is 3.61. The third-order valence-corrected chi connectivity index (χ3v) is 5.74. The molecular weight excluding hydrogens is 438 g/mol. The molecule has 0 radical (unpaired) electrons. The smallest absolute Gasteiger partial charge is 0.158 e. The highest BCUT2D eigenvalue weighted by atomic mass is 35.5. The second kappa shape index (κ2) is 8.22. The molecular formula is C24H22ClN7O. The number of halogens is 1. The zero-order chi connectivity index (χ0) is 23.1. The van der Waals surface area contributed by atoms with Crippen molar-refractivity contribution in [1.29, 1.82) is 0 Å². The normalized spacial score (nSPS) is 11.2. The summed E-state index contributed by atoms with van der Waals surface area (Å²) in [6.45, 7) is 3.81. The van der Waals surface area contributed by atoms with Crippen molar-refractivity contribution in [2.24, 2.45) is 7.05 Å². The van der Waals surface area contributed by atoms with Gasteiger partial charge in [-0.2, -0.15) is 5.10 Å². The third-order valence-electron chi connectivity index (χ3n) is 5.41. The van der Waals surface area contributed by atoms with Crippen molar-refractivity contribution in [3.63, 3.8) is 0 Å². The molecule has 1 N–H and O–H groups in total. The Labute approximate surface area is 195 Å². The number of imidazole rings is 1. The molecule has 5 rings (SSSR count). The van der Waals surface area contributed by atoms with Crippen molar-refractivity contribution in [3.8, 4) is 22.8 Å². The summed E-state index contributed by atoms with van der Waals surface area (Å²) in [5.74, 6) is 2.78. The number of nitrogens with zero attached hydrogens (tertiary/aromatic N) is 6. The molecule has 33 heavy (non-hydrogen) atoms. The standard InChI is InChI=1S/C24H22ClN7O/c1-14-11-20-22(29-24(31(20)3)17-7-5-6-8-18(17)25)23(27-14)28-16-9-10-19(21(12-16)33-4)32-13-26-15(2)30-32/h5-13H,1-4H3,(H,27,28). The van der Waals surface area contributed by atoms with Gasteiger partial charge in [0.15, 0.2) is 5.82 Å². The molecule has 0 bridgehead atoms. The summed E-state index contributed by atoms with van der Waals surface area (Å²) in [4.78, 5) is 13.8. The second-order valence-corrected chi connectivity index (χ2v) is 8.11. The van der Waals surface area contributed by atoms with Crippen LogP contribution < -0.4 is 10.1 Å². The average molecular weight is 460 g/mol. The predicted molar refractivity (Wildman–Crippen MR) is 130 cm³/mol. The molecule has 166 valence electrons. The monoisotopic (exact) mass is 459 g/mol. The van der Waals surface area contributed by atoms with E-state index in [4.69, 9.17) is 26.3 Å². The van der Waals surface area contributed by atoms with E-state index in [-0.39, 0.29) is 0 Å². The highest BCUT2D eigenvalue weighted by molar-refractivity contribution is 6.33. The number of aryl methyl sites for hydroxylation is 3. The number of fused-ring (bicyclic) bond motifs is 1. The van der Waals surface area contributed by atoms with Crippen molar-refractivity contribution in [2.45, 2.75) is 13.8 Å². The van der Waals surface area contributed by atoms with Gasteiger partial charge in [-0.3, -0.25) is 0 Å². The summed E-state index contributed by atoms with van der Waals surface area (Å²) in [6, 6.07) is 15.5. The lowest BCUT2D eigenvalue weighted by Crippen LogP contribution is -2.01. The molecule has 0 aliphatic heterocycles. The Morgan fingerprint density at radius 1 is 1.03 bits per heavy atom. The van der Waals surface area contributed by atoms with Gasteiger partial charge in [-0.05, 0) is 44.2 Å². The Morgan fingerprint density at radius 3 is 2.58 bits per heavy atom. The van der Waals surface area contributed by atoms with Gasteiger partial charge in [-0.1, -0.05) is 23.7 Å². The van der Waals surface area contributed by atoms with Gasteiger partial charge in [0, 0.05) is 30.1 Å². The number of aromatic nitrogens is 6. The van der Waals surface area contributed by atoms with E-state index < -0.39 is 0 Å². The molecule has 3 heterocycles. The predicted octanol–water partition coefficient (Wildman–Crippen LogP) is 5.24. The van der Waals surface area contributed by atoms with Crippen LogP contribution in [0.15, 0.2) is 54.9 Å². The number of anilines is 2. The number of pyridine rings is 1. The second-order valence-electron chi connectivity index (χ2n) is 7.70. The van der Waals surface area contributed by atoms with Crippen LogP contribution in [-0.4, -0.2) is 36.4 Å². The first-order valence-electron chi connectivity index (χ1n) is 10.4. The lowest BCUT2D eigenvalue weighted by molar-refractivity contribution is 0.412. The number of rotatable bonds is 5. The minimum absolute atomic E-state index is 0.652. The maximum atomic E-state index is 6.45. The number of hydrogen-bond donors (Lipinski definition) is 1. The van der Waals surface area contributed by atoms with E-state index in [0.29, 0.717) is 22.4 Å². The first-order chi connectivity index (χ1) is 15.9. The zero-order valence-electron chi connectivity index (χ0n) is 18.7. The van der Waals surface area contributed by atoms with Crippen molar-refractivity contribution in [1.82, 2.24) is 29.3 Å². The van der Waals surface area contributed by atoms with E-state index in [1.165, 1.54) is 0 Å². The molecule has 0 spiro atoms. The fourth-order valence-corrected chi connectivity index (χ4v) is 4.04. The van der Waals surface area contributed by atoms with Crippen LogP contribution in [0.1, 0.15) is 11.5 Å². The summed E-state index contributed by atoms with van der Waals surface area (Å²) in [6.07, 6.45) is 1.66. The van der Waals surface area contributed by atoms with Crippen LogP contribution in [0.3, 0.4) is 0 Å². The summed E-state index contributed by atoms with van der Waals surface area (Å²) in [5.41, 5.74) is 5.08. The van der Waals surface area contributed by atoms with E-state index in [2.05, 4.69) is 15.4 Å². The molecule has 3 aromatic heterocycles. The summed E-state index contributed by atoms with van der Waals surface area (Å²) in [5, 5.41) is 8.43. The van der Waals surface area contributed by atoms with Crippen LogP contribution in [0.25, 0.3) is 28.1 Å². The Balaban J connectivity index is 1.58. The maximum absolute atomic E-state index is 6.45. The molecule has 9 heteroatoms. The number of methoxy groups -OCH3 is 1. The fraction of sp³-hybridized carbons (Fsp3) is 0.167. The molecule has 0 aliphatic rings. The molecule has 0 unspecified atom stereocenters. The number of nitrogens with one attached hydrogen (secondary N) is 1. The van der Waals surface area contributed by atoms with Gasteiger partial charge in [-0.25, -0.2) is 19.6 Å². The van der Waals surface area contributed by atoms with Crippen molar-refractivity contribution < 1.29 is 4.74 Å². The van der Waals surface area contributed by atoms with E-state index in [0.717, 1.165) is 39.5 Å². The Bertz CT molecular complexity index is 1490. The molecule has 0 saturated carbocycles. The topological polar surface area (TPSA) is 82.7 Å². The van der Waals surface area contributed by atoms with Gasteiger partial charge in [-0.15, -0.1) is 0 Å². The lowest BCUT2D eigenvalue weighted by Gasteiger charge is -2.12. The van der Waals surface area contributed by atoms with Gasteiger partial charge in [0.2, 0.25) is 0 Å².